The molecule has 1 amide bonds. The number of carboxylic acids is 1. The number of hydrogen-bond acceptors (Lipinski definition) is 6. The number of carbonyl (C=O) groups is 2. The molecule has 27 heavy (non-hydrogen) atoms. The molecule has 0 atom stereocenters. The minimum absolute atomic E-state index is 0.152. The van der Waals surface area contributed by atoms with Crippen LogP contribution in [0.2, 0.25) is 0 Å². The molecule has 1 saturated heterocycles. The smallest absolute Gasteiger partial charge is 0.433 e. The van der Waals surface area contributed by atoms with Gasteiger partial charge in [-0.25, -0.2) is 19.6 Å². The van der Waals surface area contributed by atoms with Crippen molar-refractivity contribution in [2.45, 2.75) is 39.0 Å². The van der Waals surface area contributed by atoms with Gasteiger partial charge in [-0.1, -0.05) is 0 Å². The van der Waals surface area contributed by atoms with E-state index in [-0.39, 0.29) is 25.6 Å². The van der Waals surface area contributed by atoms with E-state index in [9.17, 15) is 22.8 Å². The normalized spacial score (nSPS) is 16.1. The number of aromatic carboxylic acids is 1. The molecule has 0 aliphatic carbocycles. The van der Waals surface area contributed by atoms with Crippen LogP contribution in [0.5, 0.6) is 0 Å². The molecule has 0 unspecified atom stereocenters. The van der Waals surface area contributed by atoms with Gasteiger partial charge in [-0.3, -0.25) is 0 Å². The summed E-state index contributed by atoms with van der Waals surface area (Å²) in [5.41, 5.74) is -2.72. The van der Waals surface area contributed by atoms with Crippen LogP contribution < -0.4 is 4.90 Å². The molecule has 0 bridgehead atoms. The van der Waals surface area contributed by atoms with Crippen LogP contribution in [0.15, 0.2) is 6.07 Å². The molecule has 1 N–H and O–H groups in total. The number of carboxylic acid groups (broad SMARTS) is 1. The Bertz CT molecular complexity index is 719. The van der Waals surface area contributed by atoms with Crippen molar-refractivity contribution in [3.05, 3.63) is 17.5 Å². The molecule has 1 aliphatic rings. The van der Waals surface area contributed by atoms with E-state index in [1.54, 1.807) is 20.8 Å². The molecule has 150 valence electrons. The van der Waals surface area contributed by atoms with Crippen molar-refractivity contribution in [3.8, 4) is 0 Å². The SMILES string of the molecule is CC(C)(C)OC(=O)N1CCCN(c2nc(C(=O)O)cc(C(F)(F)F)n2)CC1. The van der Waals surface area contributed by atoms with Crippen LogP contribution in [0.1, 0.15) is 43.4 Å². The summed E-state index contributed by atoms with van der Waals surface area (Å²) < 4.78 is 44.3. The van der Waals surface area contributed by atoms with Gasteiger partial charge < -0.3 is 19.6 Å². The van der Waals surface area contributed by atoms with Crippen molar-refractivity contribution >= 4 is 18.0 Å². The number of aromatic nitrogens is 2. The van der Waals surface area contributed by atoms with Crippen molar-refractivity contribution in [2.24, 2.45) is 0 Å². The van der Waals surface area contributed by atoms with E-state index in [0.29, 0.717) is 19.0 Å². The minimum atomic E-state index is -4.80. The van der Waals surface area contributed by atoms with E-state index < -0.39 is 35.2 Å². The van der Waals surface area contributed by atoms with Gasteiger partial charge in [-0.05, 0) is 27.2 Å². The first kappa shape index (κ1) is 20.7. The number of anilines is 1. The molecule has 1 aliphatic heterocycles. The number of alkyl halides is 3. The molecule has 2 rings (SSSR count). The van der Waals surface area contributed by atoms with Crippen molar-refractivity contribution in [2.75, 3.05) is 31.1 Å². The molecule has 0 aromatic carbocycles. The fourth-order valence-corrected chi connectivity index (χ4v) is 2.46. The number of rotatable bonds is 2. The second kappa shape index (κ2) is 7.57. The third kappa shape index (κ3) is 5.69. The van der Waals surface area contributed by atoms with Crippen LogP contribution in [-0.2, 0) is 10.9 Å². The number of ether oxygens (including phenoxy) is 1. The minimum Gasteiger partial charge on any atom is -0.477 e. The summed E-state index contributed by atoms with van der Waals surface area (Å²) in [5, 5.41) is 9.03. The lowest BCUT2D eigenvalue weighted by molar-refractivity contribution is -0.141. The molecular formula is C16H21F3N4O4. The highest BCUT2D eigenvalue weighted by atomic mass is 19.4. The monoisotopic (exact) mass is 390 g/mol. The lowest BCUT2D eigenvalue weighted by Gasteiger charge is -2.26. The predicted octanol–water partition coefficient (Wildman–Crippen LogP) is 2.64. The molecule has 1 fully saturated rings. The largest absolute Gasteiger partial charge is 0.477 e. The first-order chi connectivity index (χ1) is 12.4. The lowest BCUT2D eigenvalue weighted by Crippen LogP contribution is -2.39. The zero-order valence-electron chi connectivity index (χ0n) is 15.2. The van der Waals surface area contributed by atoms with Crippen molar-refractivity contribution in [1.29, 1.82) is 0 Å². The fraction of sp³-hybridized carbons (Fsp3) is 0.625. The lowest BCUT2D eigenvalue weighted by atomic mass is 10.2. The second-order valence-corrected chi connectivity index (χ2v) is 7.05. The van der Waals surface area contributed by atoms with E-state index in [1.165, 1.54) is 9.80 Å². The molecule has 0 spiro atoms. The van der Waals surface area contributed by atoms with Crippen LogP contribution in [0.3, 0.4) is 0 Å². The Morgan fingerprint density at radius 3 is 2.33 bits per heavy atom. The number of amides is 1. The van der Waals surface area contributed by atoms with Gasteiger partial charge in [0.2, 0.25) is 5.95 Å². The van der Waals surface area contributed by atoms with Crippen LogP contribution >= 0.6 is 0 Å². The van der Waals surface area contributed by atoms with E-state index in [1.807, 2.05) is 0 Å². The summed E-state index contributed by atoms with van der Waals surface area (Å²) in [6.07, 6.45) is -4.86. The van der Waals surface area contributed by atoms with Crippen LogP contribution in [0.4, 0.5) is 23.9 Å². The topological polar surface area (TPSA) is 95.9 Å². The summed E-state index contributed by atoms with van der Waals surface area (Å²) in [4.78, 5) is 33.4. The molecule has 1 aromatic heterocycles. The van der Waals surface area contributed by atoms with Crippen molar-refractivity contribution in [1.82, 2.24) is 14.9 Å². The summed E-state index contributed by atoms with van der Waals surface area (Å²) in [6.45, 7) is 6.18. The summed E-state index contributed by atoms with van der Waals surface area (Å²) in [7, 11) is 0. The third-order valence-electron chi connectivity index (χ3n) is 3.65. The van der Waals surface area contributed by atoms with Crippen LogP contribution in [-0.4, -0.2) is 63.8 Å². The first-order valence-electron chi connectivity index (χ1n) is 8.29. The maximum Gasteiger partial charge on any atom is 0.433 e. The van der Waals surface area contributed by atoms with E-state index in [4.69, 9.17) is 9.84 Å². The first-order valence-corrected chi connectivity index (χ1v) is 8.29. The number of carbonyl (C=O) groups excluding carboxylic acids is 1. The Morgan fingerprint density at radius 1 is 1.11 bits per heavy atom. The summed E-state index contributed by atoms with van der Waals surface area (Å²) in [5.74, 6) is -1.90. The Morgan fingerprint density at radius 2 is 1.78 bits per heavy atom. The average Bonchev–Trinajstić information content (AvgIpc) is 2.78. The van der Waals surface area contributed by atoms with Gasteiger partial charge in [-0.15, -0.1) is 0 Å². The number of nitrogens with zero attached hydrogens (tertiary/aromatic N) is 4. The summed E-state index contributed by atoms with van der Waals surface area (Å²) in [6, 6.07) is 0.399. The van der Waals surface area contributed by atoms with Crippen LogP contribution in [0, 0.1) is 0 Å². The van der Waals surface area contributed by atoms with Crippen LogP contribution in [0.25, 0.3) is 0 Å². The quantitative estimate of drug-likeness (QED) is 0.829. The van der Waals surface area contributed by atoms with E-state index in [2.05, 4.69) is 9.97 Å². The number of halogens is 3. The molecule has 2 heterocycles. The Balaban J connectivity index is 2.20. The Labute approximate surface area is 153 Å². The zero-order valence-corrected chi connectivity index (χ0v) is 15.2. The maximum absolute atomic E-state index is 13.0. The maximum atomic E-state index is 13.0. The van der Waals surface area contributed by atoms with E-state index in [0.717, 1.165) is 0 Å². The van der Waals surface area contributed by atoms with Gasteiger partial charge in [0, 0.05) is 32.2 Å². The van der Waals surface area contributed by atoms with Gasteiger partial charge in [0.05, 0.1) is 0 Å². The van der Waals surface area contributed by atoms with Gasteiger partial charge in [0.1, 0.15) is 5.60 Å². The zero-order chi connectivity index (χ0) is 20.4. The predicted molar refractivity (Wildman–Crippen MR) is 88.6 cm³/mol. The highest BCUT2D eigenvalue weighted by molar-refractivity contribution is 5.85. The molecule has 8 nitrogen and oxygen atoms in total. The molecule has 1 aromatic rings. The van der Waals surface area contributed by atoms with Gasteiger partial charge >= 0.3 is 18.2 Å². The fourth-order valence-electron chi connectivity index (χ4n) is 2.46. The molecule has 11 heteroatoms. The summed E-state index contributed by atoms with van der Waals surface area (Å²) >= 11 is 0. The second-order valence-electron chi connectivity index (χ2n) is 7.05. The average molecular weight is 390 g/mol. The molecular weight excluding hydrogens is 369 g/mol. The van der Waals surface area contributed by atoms with Gasteiger partial charge in [0.25, 0.3) is 0 Å². The van der Waals surface area contributed by atoms with Crippen molar-refractivity contribution in [3.63, 3.8) is 0 Å². The Kier molecular flexibility index (Phi) is 5.81. The Hall–Kier alpha value is -2.59. The molecule has 0 saturated carbocycles. The van der Waals surface area contributed by atoms with E-state index >= 15 is 0 Å². The molecule has 0 radical (unpaired) electrons. The van der Waals surface area contributed by atoms with Gasteiger partial charge in [0.15, 0.2) is 11.4 Å². The highest BCUT2D eigenvalue weighted by Crippen LogP contribution is 2.29. The highest BCUT2D eigenvalue weighted by Gasteiger charge is 2.35. The van der Waals surface area contributed by atoms with Crippen molar-refractivity contribution < 1.29 is 32.6 Å². The third-order valence-corrected chi connectivity index (χ3v) is 3.65. The van der Waals surface area contributed by atoms with Gasteiger partial charge in [-0.2, -0.15) is 13.2 Å². The standard InChI is InChI=1S/C16H21F3N4O4/c1-15(2,3)27-14(26)23-6-4-5-22(7-8-23)13-20-10(12(24)25)9-11(21-13)16(17,18)19/h9H,4-8H2,1-3H3,(H,24,25). The number of hydrogen-bond donors (Lipinski definition) is 1.